The average molecular weight is 497 g/mol. The van der Waals surface area contributed by atoms with Crippen molar-refractivity contribution in [1.82, 2.24) is 0 Å². The van der Waals surface area contributed by atoms with Crippen LogP contribution in [0.5, 0.6) is 0 Å². The monoisotopic (exact) mass is 496 g/mol. The van der Waals surface area contributed by atoms with Crippen LogP contribution in [0.25, 0.3) is 21.9 Å². The van der Waals surface area contributed by atoms with Gasteiger partial charge in [-0.3, -0.25) is 0 Å². The summed E-state index contributed by atoms with van der Waals surface area (Å²) in [6.07, 6.45) is 6.26. The van der Waals surface area contributed by atoms with E-state index in [1.807, 2.05) is 43.0 Å². The smallest absolute Gasteiger partial charge is 0.374 e. The van der Waals surface area contributed by atoms with Gasteiger partial charge >= 0.3 is 11.6 Å². The molecule has 0 N–H and O–H groups in total. The molecule has 0 spiro atoms. The fraction of sp³-hybridized carbons (Fsp3) is 0.333. The quantitative estimate of drug-likeness (QED) is 0.204. The maximum absolute atomic E-state index is 13.1. The maximum atomic E-state index is 13.1. The summed E-state index contributed by atoms with van der Waals surface area (Å²) >= 11 is 8.16. The van der Waals surface area contributed by atoms with E-state index in [0.29, 0.717) is 38.1 Å². The van der Waals surface area contributed by atoms with E-state index >= 15 is 0 Å². The van der Waals surface area contributed by atoms with Crippen molar-refractivity contribution in [3.05, 3.63) is 80.4 Å². The summed E-state index contributed by atoms with van der Waals surface area (Å²) in [5, 5.41) is 2.73. The van der Waals surface area contributed by atoms with E-state index in [9.17, 15) is 9.59 Å². The highest BCUT2D eigenvalue weighted by atomic mass is 35.5. The van der Waals surface area contributed by atoms with E-state index < -0.39 is 11.6 Å². The van der Waals surface area contributed by atoms with Crippen LogP contribution in [0.2, 0.25) is 5.02 Å². The van der Waals surface area contributed by atoms with E-state index in [1.54, 1.807) is 12.1 Å². The highest BCUT2D eigenvalue weighted by molar-refractivity contribution is 7.99. The van der Waals surface area contributed by atoms with Crippen molar-refractivity contribution < 1.29 is 18.4 Å². The molecule has 0 amide bonds. The molecule has 0 radical (unpaired) electrons. The summed E-state index contributed by atoms with van der Waals surface area (Å²) in [6, 6.07) is 12.5. The van der Waals surface area contributed by atoms with Gasteiger partial charge < -0.3 is 13.6 Å². The number of hydrogen-bond donors (Lipinski definition) is 0. The van der Waals surface area contributed by atoms with E-state index in [4.69, 9.17) is 25.2 Å². The van der Waals surface area contributed by atoms with Crippen LogP contribution in [0, 0.1) is 6.92 Å². The Morgan fingerprint density at radius 1 is 1.06 bits per heavy atom. The fourth-order valence-electron chi connectivity index (χ4n) is 4.52. The van der Waals surface area contributed by atoms with E-state index in [0.717, 1.165) is 16.5 Å². The molecule has 1 aliphatic carbocycles. The Kier molecular flexibility index (Phi) is 6.70. The topological polar surface area (TPSA) is 69.7 Å². The summed E-state index contributed by atoms with van der Waals surface area (Å²) in [6.45, 7) is 1.75. The van der Waals surface area contributed by atoms with Crippen LogP contribution in [-0.4, -0.2) is 11.2 Å². The predicted octanol–water partition coefficient (Wildman–Crippen LogP) is 7.42. The molecule has 1 aliphatic rings. The van der Waals surface area contributed by atoms with Crippen molar-refractivity contribution in [3.8, 4) is 0 Å². The maximum Gasteiger partial charge on any atom is 0.374 e. The molecule has 0 aliphatic heterocycles. The molecule has 0 bridgehead atoms. The number of furan rings is 1. The molecule has 2 aromatic heterocycles. The van der Waals surface area contributed by atoms with Gasteiger partial charge in [0.15, 0.2) is 0 Å². The van der Waals surface area contributed by atoms with E-state index in [-0.39, 0.29) is 12.4 Å². The van der Waals surface area contributed by atoms with Gasteiger partial charge in [0, 0.05) is 44.0 Å². The Hall–Kier alpha value is -2.70. The number of carbonyl (C=O) groups is 1. The number of ether oxygens (including phenoxy) is 1. The third-order valence-corrected chi connectivity index (χ3v) is 8.17. The van der Waals surface area contributed by atoms with E-state index in [1.165, 1.54) is 38.2 Å². The summed E-state index contributed by atoms with van der Waals surface area (Å²) in [7, 11) is 0. The molecule has 7 heteroatoms. The van der Waals surface area contributed by atoms with Gasteiger partial charge in [-0.15, -0.1) is 0 Å². The lowest BCUT2D eigenvalue weighted by Crippen LogP contribution is -2.10. The van der Waals surface area contributed by atoms with Crippen LogP contribution < -0.4 is 5.63 Å². The first-order chi connectivity index (χ1) is 16.5. The van der Waals surface area contributed by atoms with Crippen LogP contribution in [0.3, 0.4) is 0 Å². The molecule has 0 saturated heterocycles. The number of halogens is 1. The van der Waals surface area contributed by atoms with Gasteiger partial charge in [0.2, 0.25) is 5.76 Å². The second-order valence-electron chi connectivity index (χ2n) is 8.74. The molecule has 5 nitrogen and oxygen atoms in total. The summed E-state index contributed by atoms with van der Waals surface area (Å²) < 4.78 is 16.9. The van der Waals surface area contributed by atoms with Crippen molar-refractivity contribution in [3.63, 3.8) is 0 Å². The van der Waals surface area contributed by atoms with Gasteiger partial charge in [-0.1, -0.05) is 49.1 Å². The van der Waals surface area contributed by atoms with Crippen molar-refractivity contribution in [2.24, 2.45) is 0 Å². The number of para-hydroxylation sites is 1. The van der Waals surface area contributed by atoms with Gasteiger partial charge in [-0.25, -0.2) is 9.59 Å². The second kappa shape index (κ2) is 9.88. The van der Waals surface area contributed by atoms with Gasteiger partial charge in [0.25, 0.3) is 0 Å². The van der Waals surface area contributed by atoms with Crippen LogP contribution in [0.4, 0.5) is 0 Å². The number of aryl methyl sites for hydroxylation is 1. The SMILES string of the molecule is Cc1cc2oc(=O)cc(COC(=O)c3oc4ccccc4c3CSC3CCCCC3)c2cc1Cl. The van der Waals surface area contributed by atoms with Crippen molar-refractivity contribution in [1.29, 1.82) is 0 Å². The summed E-state index contributed by atoms with van der Waals surface area (Å²) in [4.78, 5) is 25.2. The first kappa shape index (κ1) is 23.1. The van der Waals surface area contributed by atoms with Crippen LogP contribution in [-0.2, 0) is 17.1 Å². The highest BCUT2D eigenvalue weighted by Gasteiger charge is 2.24. The number of rotatable bonds is 6. The van der Waals surface area contributed by atoms with Crippen LogP contribution in [0.15, 0.2) is 56.1 Å². The average Bonchev–Trinajstić information content (AvgIpc) is 3.21. The fourth-order valence-corrected chi connectivity index (χ4v) is 6.04. The van der Waals surface area contributed by atoms with Gasteiger partial charge in [-0.05, 0) is 43.5 Å². The number of carbonyl (C=O) groups excluding carboxylic acids is 1. The third-order valence-electron chi connectivity index (χ3n) is 6.37. The van der Waals surface area contributed by atoms with Crippen LogP contribution in [0.1, 0.15) is 59.3 Å². The van der Waals surface area contributed by atoms with Crippen molar-refractivity contribution in [2.75, 3.05) is 0 Å². The molecule has 1 fully saturated rings. The number of hydrogen-bond acceptors (Lipinski definition) is 6. The molecular formula is C27H25ClO5S. The number of benzene rings is 2. The lowest BCUT2D eigenvalue weighted by Gasteiger charge is -2.20. The summed E-state index contributed by atoms with van der Waals surface area (Å²) in [5.74, 6) is 0.375. The zero-order chi connectivity index (χ0) is 23.7. The Morgan fingerprint density at radius 2 is 1.85 bits per heavy atom. The number of esters is 1. The van der Waals surface area contributed by atoms with Gasteiger partial charge in [0.05, 0.1) is 0 Å². The van der Waals surface area contributed by atoms with Gasteiger partial charge in [0.1, 0.15) is 17.8 Å². The van der Waals surface area contributed by atoms with E-state index in [2.05, 4.69) is 0 Å². The molecule has 34 heavy (non-hydrogen) atoms. The first-order valence-corrected chi connectivity index (χ1v) is 12.9. The Labute approximate surface area is 206 Å². The molecule has 5 rings (SSSR count). The predicted molar refractivity (Wildman–Crippen MR) is 136 cm³/mol. The Morgan fingerprint density at radius 3 is 2.68 bits per heavy atom. The largest absolute Gasteiger partial charge is 0.455 e. The molecule has 4 aromatic rings. The summed E-state index contributed by atoms with van der Waals surface area (Å²) in [5.41, 5.74) is 2.78. The Balaban J connectivity index is 1.41. The molecule has 1 saturated carbocycles. The number of fused-ring (bicyclic) bond motifs is 2. The first-order valence-electron chi connectivity index (χ1n) is 11.5. The normalized spacial score (nSPS) is 14.6. The standard InChI is InChI=1S/C27H25ClO5S/c1-16-11-24-20(13-22(16)28)17(12-25(29)32-24)14-31-27(30)26-21(15-34-18-7-3-2-4-8-18)19-9-5-6-10-23(19)33-26/h5-6,9-13,18H,2-4,7-8,14-15H2,1H3. The molecular weight excluding hydrogens is 472 g/mol. The lowest BCUT2D eigenvalue weighted by molar-refractivity contribution is 0.0438. The molecule has 0 unspecified atom stereocenters. The number of thioether (sulfide) groups is 1. The zero-order valence-corrected chi connectivity index (χ0v) is 20.5. The minimum absolute atomic E-state index is 0.0907. The van der Waals surface area contributed by atoms with Gasteiger partial charge in [-0.2, -0.15) is 11.8 Å². The van der Waals surface area contributed by atoms with Crippen molar-refractivity contribution >= 4 is 51.3 Å². The minimum atomic E-state index is -0.546. The highest BCUT2D eigenvalue weighted by Crippen LogP contribution is 2.35. The minimum Gasteiger partial charge on any atom is -0.455 e. The molecule has 2 aromatic carbocycles. The Bertz CT molecular complexity index is 1410. The second-order valence-corrected chi connectivity index (χ2v) is 10.4. The molecule has 0 atom stereocenters. The zero-order valence-electron chi connectivity index (χ0n) is 18.9. The lowest BCUT2D eigenvalue weighted by atomic mass is 10.0. The van der Waals surface area contributed by atoms with Crippen LogP contribution >= 0.6 is 23.4 Å². The van der Waals surface area contributed by atoms with Crippen molar-refractivity contribution in [2.45, 2.75) is 56.6 Å². The molecule has 176 valence electrons. The third kappa shape index (κ3) is 4.75. The molecule has 2 heterocycles.